The quantitative estimate of drug-likeness (QED) is 0.421. The van der Waals surface area contributed by atoms with Crippen molar-refractivity contribution in [3.05, 3.63) is 23.8 Å². The maximum atomic E-state index is 10.6. The second-order valence-corrected chi connectivity index (χ2v) is 5.43. The Bertz CT molecular complexity index is 472. The fraction of sp³-hybridized carbons (Fsp3) is 0.588. The smallest absolute Gasteiger partial charge is 0.240 e. The largest absolute Gasteiger partial charge is 0.493 e. The van der Waals surface area contributed by atoms with Crippen LogP contribution in [0.2, 0.25) is 0 Å². The van der Waals surface area contributed by atoms with Crippen molar-refractivity contribution in [2.24, 2.45) is 4.99 Å². The van der Waals surface area contributed by atoms with Gasteiger partial charge in [-0.05, 0) is 37.3 Å². The van der Waals surface area contributed by atoms with Gasteiger partial charge >= 0.3 is 0 Å². The summed E-state index contributed by atoms with van der Waals surface area (Å²) in [5.74, 6) is 1.37. The van der Waals surface area contributed by atoms with E-state index in [1.165, 1.54) is 19.3 Å². The lowest BCUT2D eigenvalue weighted by Gasteiger charge is -2.25. The van der Waals surface area contributed by atoms with E-state index in [2.05, 4.69) is 11.9 Å². The predicted octanol–water partition coefficient (Wildman–Crippen LogP) is 4.88. The second kappa shape index (κ2) is 7.86. The Labute approximate surface area is 121 Å². The molecule has 1 aromatic carbocycles. The van der Waals surface area contributed by atoms with E-state index in [-0.39, 0.29) is 0 Å². The first-order chi connectivity index (χ1) is 9.86. The van der Waals surface area contributed by atoms with E-state index in [1.54, 1.807) is 6.08 Å². The number of benzene rings is 1. The standard InChI is InChI=1S/C17H23NO2/c1-2-3-12-20-16-11-7-10-15(18-13-19)17(16)14-8-5-4-6-9-14/h7,10-11,14H,2-6,8-9,12H2,1H3. The lowest BCUT2D eigenvalue weighted by Crippen LogP contribution is -2.08. The van der Waals surface area contributed by atoms with Crippen molar-refractivity contribution in [3.8, 4) is 5.75 Å². The van der Waals surface area contributed by atoms with Crippen LogP contribution in [0.1, 0.15) is 63.4 Å². The summed E-state index contributed by atoms with van der Waals surface area (Å²) in [6.45, 7) is 2.88. The van der Waals surface area contributed by atoms with Gasteiger partial charge in [0.2, 0.25) is 6.08 Å². The van der Waals surface area contributed by atoms with Gasteiger partial charge in [0.05, 0.1) is 12.3 Å². The molecule has 0 aromatic heterocycles. The molecule has 0 saturated heterocycles. The highest BCUT2D eigenvalue weighted by molar-refractivity contribution is 5.60. The van der Waals surface area contributed by atoms with E-state index in [0.717, 1.165) is 49.3 Å². The lowest BCUT2D eigenvalue weighted by atomic mass is 9.83. The van der Waals surface area contributed by atoms with E-state index < -0.39 is 0 Å². The SMILES string of the molecule is CCCCOc1cccc(N=C=O)c1C1CCCCC1. The molecule has 0 atom stereocenters. The Morgan fingerprint density at radius 3 is 2.80 bits per heavy atom. The Balaban J connectivity index is 2.28. The number of isocyanates is 1. The first kappa shape index (κ1) is 14.8. The summed E-state index contributed by atoms with van der Waals surface area (Å²) in [4.78, 5) is 14.5. The molecule has 0 bridgehead atoms. The van der Waals surface area contributed by atoms with Crippen LogP contribution in [0.3, 0.4) is 0 Å². The van der Waals surface area contributed by atoms with Crippen molar-refractivity contribution in [1.82, 2.24) is 0 Å². The maximum absolute atomic E-state index is 10.6. The molecule has 0 radical (unpaired) electrons. The fourth-order valence-electron chi connectivity index (χ4n) is 2.93. The van der Waals surface area contributed by atoms with Gasteiger partial charge in [-0.3, -0.25) is 0 Å². The number of nitrogens with zero attached hydrogens (tertiary/aromatic N) is 1. The summed E-state index contributed by atoms with van der Waals surface area (Å²) in [5, 5.41) is 0. The van der Waals surface area contributed by atoms with E-state index in [1.807, 2.05) is 18.2 Å². The second-order valence-electron chi connectivity index (χ2n) is 5.43. The molecule has 0 spiro atoms. The van der Waals surface area contributed by atoms with Crippen LogP contribution in [-0.4, -0.2) is 12.7 Å². The Morgan fingerprint density at radius 2 is 2.10 bits per heavy atom. The Hall–Kier alpha value is -1.60. The minimum atomic E-state index is 0.466. The first-order valence-corrected chi connectivity index (χ1v) is 7.70. The van der Waals surface area contributed by atoms with Crippen molar-refractivity contribution in [2.75, 3.05) is 6.61 Å². The topological polar surface area (TPSA) is 38.7 Å². The average molecular weight is 273 g/mol. The van der Waals surface area contributed by atoms with Gasteiger partial charge < -0.3 is 4.74 Å². The van der Waals surface area contributed by atoms with Gasteiger partial charge in [-0.1, -0.05) is 38.7 Å². The van der Waals surface area contributed by atoms with Crippen LogP contribution in [0, 0.1) is 0 Å². The molecule has 0 N–H and O–H groups in total. The minimum Gasteiger partial charge on any atom is -0.493 e. The van der Waals surface area contributed by atoms with Crippen LogP contribution in [-0.2, 0) is 4.79 Å². The van der Waals surface area contributed by atoms with Gasteiger partial charge in [0.25, 0.3) is 0 Å². The summed E-state index contributed by atoms with van der Waals surface area (Å²) in [6.07, 6.45) is 9.97. The molecule has 0 amide bonds. The molecule has 1 aromatic rings. The van der Waals surface area contributed by atoms with Gasteiger partial charge in [-0.15, -0.1) is 0 Å². The highest BCUT2D eigenvalue weighted by Gasteiger charge is 2.22. The number of rotatable bonds is 6. The monoisotopic (exact) mass is 273 g/mol. The van der Waals surface area contributed by atoms with Crippen molar-refractivity contribution >= 4 is 11.8 Å². The molecule has 0 aliphatic heterocycles. The van der Waals surface area contributed by atoms with Crippen molar-refractivity contribution in [3.63, 3.8) is 0 Å². The third-order valence-corrected chi connectivity index (χ3v) is 3.98. The third-order valence-electron chi connectivity index (χ3n) is 3.98. The van der Waals surface area contributed by atoms with Gasteiger partial charge in [-0.2, -0.15) is 4.99 Å². The molecule has 1 fully saturated rings. The molecule has 0 heterocycles. The number of ether oxygens (including phenoxy) is 1. The predicted molar refractivity (Wildman–Crippen MR) is 80.5 cm³/mol. The highest BCUT2D eigenvalue weighted by atomic mass is 16.5. The van der Waals surface area contributed by atoms with Crippen LogP contribution < -0.4 is 4.74 Å². The molecule has 20 heavy (non-hydrogen) atoms. The maximum Gasteiger partial charge on any atom is 0.240 e. The Kier molecular flexibility index (Phi) is 5.82. The molecule has 2 rings (SSSR count). The van der Waals surface area contributed by atoms with Crippen molar-refractivity contribution in [1.29, 1.82) is 0 Å². The van der Waals surface area contributed by atoms with Gasteiger partial charge in [0.1, 0.15) is 5.75 Å². The zero-order valence-electron chi connectivity index (χ0n) is 12.2. The zero-order chi connectivity index (χ0) is 14.2. The molecular formula is C17H23NO2. The van der Waals surface area contributed by atoms with Crippen molar-refractivity contribution < 1.29 is 9.53 Å². The van der Waals surface area contributed by atoms with Gasteiger partial charge in [0, 0.05) is 5.56 Å². The third kappa shape index (κ3) is 3.71. The molecule has 108 valence electrons. The summed E-state index contributed by atoms with van der Waals surface area (Å²) >= 11 is 0. The lowest BCUT2D eigenvalue weighted by molar-refractivity contribution is 0.301. The summed E-state index contributed by atoms with van der Waals surface area (Å²) in [5.41, 5.74) is 1.85. The fourth-order valence-corrected chi connectivity index (χ4v) is 2.93. The molecule has 0 unspecified atom stereocenters. The molecule has 3 heteroatoms. The van der Waals surface area contributed by atoms with Crippen LogP contribution in [0.4, 0.5) is 5.69 Å². The zero-order valence-corrected chi connectivity index (χ0v) is 12.2. The number of unbranched alkanes of at least 4 members (excludes halogenated alkanes) is 1. The van der Waals surface area contributed by atoms with Crippen LogP contribution in [0.5, 0.6) is 5.75 Å². The molecular weight excluding hydrogens is 250 g/mol. The minimum absolute atomic E-state index is 0.466. The first-order valence-electron chi connectivity index (χ1n) is 7.70. The molecule has 1 saturated carbocycles. The van der Waals surface area contributed by atoms with Crippen molar-refractivity contribution in [2.45, 2.75) is 57.8 Å². The number of carbonyl (C=O) groups excluding carboxylic acids is 1. The number of hydrogen-bond donors (Lipinski definition) is 0. The summed E-state index contributed by atoms with van der Waals surface area (Å²) in [6, 6.07) is 5.80. The molecule has 3 nitrogen and oxygen atoms in total. The Morgan fingerprint density at radius 1 is 1.30 bits per heavy atom. The highest BCUT2D eigenvalue weighted by Crippen LogP contribution is 2.42. The molecule has 1 aliphatic carbocycles. The van der Waals surface area contributed by atoms with E-state index in [9.17, 15) is 4.79 Å². The van der Waals surface area contributed by atoms with E-state index >= 15 is 0 Å². The molecule has 1 aliphatic rings. The summed E-state index contributed by atoms with van der Waals surface area (Å²) in [7, 11) is 0. The van der Waals surface area contributed by atoms with Crippen LogP contribution in [0.25, 0.3) is 0 Å². The number of hydrogen-bond acceptors (Lipinski definition) is 3. The van der Waals surface area contributed by atoms with E-state index in [0.29, 0.717) is 5.92 Å². The normalized spacial score (nSPS) is 15.7. The van der Waals surface area contributed by atoms with Crippen LogP contribution >= 0.6 is 0 Å². The average Bonchev–Trinajstić information content (AvgIpc) is 2.49. The van der Waals surface area contributed by atoms with Gasteiger partial charge in [0.15, 0.2) is 0 Å². The van der Waals surface area contributed by atoms with E-state index in [4.69, 9.17) is 4.74 Å². The van der Waals surface area contributed by atoms with Gasteiger partial charge in [-0.25, -0.2) is 4.79 Å². The summed E-state index contributed by atoms with van der Waals surface area (Å²) < 4.78 is 5.93. The number of aliphatic imine (C=N–C) groups is 1. The van der Waals surface area contributed by atoms with Crippen LogP contribution in [0.15, 0.2) is 23.2 Å².